The van der Waals surface area contributed by atoms with E-state index >= 15 is 0 Å². The predicted octanol–water partition coefficient (Wildman–Crippen LogP) is 3.96. The molecule has 0 spiro atoms. The van der Waals surface area contributed by atoms with E-state index in [1.165, 1.54) is 12.4 Å². The van der Waals surface area contributed by atoms with E-state index < -0.39 is 5.82 Å². The van der Waals surface area contributed by atoms with E-state index in [0.717, 1.165) is 30.2 Å². The fourth-order valence-electron chi connectivity index (χ4n) is 2.93. The minimum Gasteiger partial charge on any atom is -0.484 e. The number of hydrogen-bond acceptors (Lipinski definition) is 6. The van der Waals surface area contributed by atoms with Gasteiger partial charge < -0.3 is 15.4 Å². The Bertz CT molecular complexity index is 780. The zero-order valence-corrected chi connectivity index (χ0v) is 15.2. The molecule has 1 fully saturated rings. The van der Waals surface area contributed by atoms with E-state index in [1.54, 1.807) is 23.5 Å². The number of hydrogen-bond donors (Lipinski definition) is 3. The number of anilines is 1. The molecular formula is C17H21FN6OS. The van der Waals surface area contributed by atoms with Crippen LogP contribution in [0.15, 0.2) is 33.9 Å². The van der Waals surface area contributed by atoms with Gasteiger partial charge in [-0.2, -0.15) is 5.53 Å². The summed E-state index contributed by atoms with van der Waals surface area (Å²) in [5.41, 5.74) is 7.86. The van der Waals surface area contributed by atoms with Crippen LogP contribution in [0.25, 0.3) is 0 Å². The summed E-state index contributed by atoms with van der Waals surface area (Å²) in [6.45, 7) is 4.51. The van der Waals surface area contributed by atoms with Gasteiger partial charge in [-0.1, -0.05) is 12.1 Å². The summed E-state index contributed by atoms with van der Waals surface area (Å²) in [6.07, 6.45) is 2.30. The third-order valence-electron chi connectivity index (χ3n) is 4.33. The second-order valence-corrected chi connectivity index (χ2v) is 7.07. The molecule has 9 heteroatoms. The molecule has 1 aromatic carbocycles. The zero-order chi connectivity index (χ0) is 18.4. The SMILES string of the molecule is C[C@H]1CNCC[C@H]1c1nc(COc2ccc(N/C=N\N=N)cc2F)cs1. The van der Waals surface area contributed by atoms with Crippen LogP contribution >= 0.6 is 11.3 Å². The van der Waals surface area contributed by atoms with Crippen molar-refractivity contribution in [2.45, 2.75) is 25.9 Å². The van der Waals surface area contributed by atoms with Crippen LogP contribution in [-0.2, 0) is 6.61 Å². The maximum atomic E-state index is 14.1. The van der Waals surface area contributed by atoms with Crippen LogP contribution < -0.4 is 15.4 Å². The fraction of sp³-hybridized carbons (Fsp3) is 0.412. The summed E-state index contributed by atoms with van der Waals surface area (Å²) in [6, 6.07) is 4.51. The average molecular weight is 376 g/mol. The molecule has 1 aliphatic heterocycles. The third-order valence-corrected chi connectivity index (χ3v) is 5.35. The first kappa shape index (κ1) is 18.4. The summed E-state index contributed by atoms with van der Waals surface area (Å²) in [7, 11) is 0. The molecule has 3 rings (SSSR count). The van der Waals surface area contributed by atoms with Gasteiger partial charge in [0, 0.05) is 23.1 Å². The van der Waals surface area contributed by atoms with Crippen molar-refractivity contribution in [2.75, 3.05) is 18.4 Å². The normalized spacial score (nSPS) is 20.2. The number of aromatic nitrogens is 1. The highest BCUT2D eigenvalue weighted by atomic mass is 32.1. The number of halogens is 1. The van der Waals surface area contributed by atoms with Crippen molar-refractivity contribution in [3.8, 4) is 5.75 Å². The van der Waals surface area contributed by atoms with E-state index in [-0.39, 0.29) is 12.4 Å². The van der Waals surface area contributed by atoms with Crippen molar-refractivity contribution in [3.63, 3.8) is 0 Å². The fourth-order valence-corrected chi connectivity index (χ4v) is 4.00. The number of piperidine rings is 1. The van der Waals surface area contributed by atoms with Crippen LogP contribution in [0, 0.1) is 17.3 Å². The Morgan fingerprint density at radius 2 is 2.42 bits per heavy atom. The zero-order valence-electron chi connectivity index (χ0n) is 14.4. The van der Waals surface area contributed by atoms with Crippen molar-refractivity contribution >= 4 is 23.4 Å². The molecule has 0 saturated carbocycles. The second kappa shape index (κ2) is 8.81. The standard InChI is InChI=1S/C17H21FN6OS/c1-11-7-20-5-4-14(11)17-23-13(9-26-17)8-25-16-3-2-12(6-15(16)18)21-10-22-24-19/h2-3,6,9-11,14,20H,4-5,7-8H2,1H3,(H2,19,21,22)/t11-,14+/m0/s1. The molecule has 138 valence electrons. The van der Waals surface area contributed by atoms with E-state index in [4.69, 9.17) is 10.3 Å². The van der Waals surface area contributed by atoms with E-state index in [1.807, 2.05) is 5.38 Å². The van der Waals surface area contributed by atoms with Crippen LogP contribution in [0.1, 0.15) is 30.0 Å². The molecule has 1 aliphatic rings. The number of thiazole rings is 1. The van der Waals surface area contributed by atoms with Gasteiger partial charge in [-0.3, -0.25) is 0 Å². The monoisotopic (exact) mass is 376 g/mol. The molecule has 26 heavy (non-hydrogen) atoms. The first-order valence-electron chi connectivity index (χ1n) is 8.39. The highest BCUT2D eigenvalue weighted by molar-refractivity contribution is 7.09. The molecule has 3 N–H and O–H groups in total. The van der Waals surface area contributed by atoms with Crippen molar-refractivity contribution in [2.24, 2.45) is 16.2 Å². The van der Waals surface area contributed by atoms with E-state index in [0.29, 0.717) is 17.5 Å². The molecule has 1 aromatic heterocycles. The van der Waals surface area contributed by atoms with Crippen LogP contribution in [0.2, 0.25) is 0 Å². The second-order valence-electron chi connectivity index (χ2n) is 6.18. The van der Waals surface area contributed by atoms with Crippen molar-refractivity contribution in [1.29, 1.82) is 5.53 Å². The summed E-state index contributed by atoms with van der Waals surface area (Å²) in [5, 5.41) is 15.4. The number of nitrogens with one attached hydrogen (secondary N) is 3. The smallest absolute Gasteiger partial charge is 0.167 e. The molecule has 2 atom stereocenters. The third kappa shape index (κ3) is 4.61. The first-order valence-corrected chi connectivity index (χ1v) is 9.27. The quantitative estimate of drug-likeness (QED) is 0.295. The Morgan fingerprint density at radius 1 is 1.54 bits per heavy atom. The van der Waals surface area contributed by atoms with Gasteiger partial charge in [0.25, 0.3) is 0 Å². The lowest BCUT2D eigenvalue weighted by Crippen LogP contribution is -2.33. The average Bonchev–Trinajstić information content (AvgIpc) is 3.10. The van der Waals surface area contributed by atoms with E-state index in [2.05, 4.69) is 32.9 Å². The lowest BCUT2D eigenvalue weighted by Gasteiger charge is -2.27. The molecule has 2 heterocycles. The number of ether oxygens (including phenoxy) is 1. The molecular weight excluding hydrogens is 355 g/mol. The first-order chi connectivity index (χ1) is 12.7. The number of benzene rings is 1. The van der Waals surface area contributed by atoms with Gasteiger partial charge >= 0.3 is 0 Å². The van der Waals surface area contributed by atoms with Gasteiger partial charge in [-0.15, -0.1) is 16.4 Å². The summed E-state index contributed by atoms with van der Waals surface area (Å²) >= 11 is 1.65. The van der Waals surface area contributed by atoms with E-state index in [9.17, 15) is 4.39 Å². The Balaban J connectivity index is 1.59. The Labute approximate surface area is 155 Å². The van der Waals surface area contributed by atoms with Gasteiger partial charge in [0.05, 0.1) is 10.7 Å². The minimum atomic E-state index is -0.478. The number of nitrogens with zero attached hydrogens (tertiary/aromatic N) is 3. The van der Waals surface area contributed by atoms with Gasteiger partial charge in [0.2, 0.25) is 0 Å². The summed E-state index contributed by atoms with van der Waals surface area (Å²) in [5.74, 6) is 0.734. The number of rotatable bonds is 7. The van der Waals surface area contributed by atoms with Gasteiger partial charge in [-0.25, -0.2) is 9.37 Å². The van der Waals surface area contributed by atoms with Gasteiger partial charge in [-0.05, 0) is 37.6 Å². The van der Waals surface area contributed by atoms with Crippen LogP contribution in [0.3, 0.4) is 0 Å². The topological polar surface area (TPSA) is 94.8 Å². The molecule has 0 radical (unpaired) electrons. The molecule has 0 amide bonds. The molecule has 7 nitrogen and oxygen atoms in total. The molecule has 2 aromatic rings. The Kier molecular flexibility index (Phi) is 6.24. The molecule has 0 unspecified atom stereocenters. The predicted molar refractivity (Wildman–Crippen MR) is 99.5 cm³/mol. The maximum Gasteiger partial charge on any atom is 0.167 e. The van der Waals surface area contributed by atoms with Gasteiger partial charge in [0.1, 0.15) is 12.9 Å². The Hall–Kier alpha value is -2.39. The largest absolute Gasteiger partial charge is 0.484 e. The van der Waals surface area contributed by atoms with Crippen LogP contribution in [0.5, 0.6) is 5.75 Å². The Morgan fingerprint density at radius 3 is 3.19 bits per heavy atom. The minimum absolute atomic E-state index is 0.169. The van der Waals surface area contributed by atoms with Crippen LogP contribution in [-0.4, -0.2) is 24.4 Å². The molecule has 1 saturated heterocycles. The summed E-state index contributed by atoms with van der Waals surface area (Å²) < 4.78 is 19.7. The highest BCUT2D eigenvalue weighted by Crippen LogP contribution is 2.32. The van der Waals surface area contributed by atoms with Crippen molar-refractivity contribution in [1.82, 2.24) is 10.3 Å². The highest BCUT2D eigenvalue weighted by Gasteiger charge is 2.25. The van der Waals surface area contributed by atoms with Crippen LogP contribution in [0.4, 0.5) is 10.1 Å². The maximum absolute atomic E-state index is 14.1. The molecule has 0 aliphatic carbocycles. The van der Waals surface area contributed by atoms with Crippen molar-refractivity contribution in [3.05, 3.63) is 40.1 Å². The summed E-state index contributed by atoms with van der Waals surface area (Å²) in [4.78, 5) is 4.68. The van der Waals surface area contributed by atoms with Crippen molar-refractivity contribution < 1.29 is 9.13 Å². The lowest BCUT2D eigenvalue weighted by molar-refractivity contribution is 0.285. The molecule has 0 bridgehead atoms. The lowest BCUT2D eigenvalue weighted by atomic mass is 9.88. The van der Waals surface area contributed by atoms with Gasteiger partial charge in [0.15, 0.2) is 11.6 Å².